The number of aliphatic carboxylic acids is 2. The monoisotopic (exact) mass is 366 g/mol. The summed E-state index contributed by atoms with van der Waals surface area (Å²) in [4.78, 5) is 20.2. The molecule has 0 aliphatic rings. The average molecular weight is 367 g/mol. The molecule has 1 aromatic carbocycles. The third-order valence-corrected chi connectivity index (χ3v) is 4.11. The van der Waals surface area contributed by atoms with E-state index in [4.69, 9.17) is 0 Å². The van der Waals surface area contributed by atoms with Gasteiger partial charge in [-0.05, 0) is 25.7 Å². The standard InChI is InChI=1S/C12H22O4.C8H12N2/c13-11(14)9-7-5-3-1-2-4-6-8-10-12(15)16;9-5-7-1-2-8(6-10)4-3-7/h1-10H2,(H,13,14)(H,15,16);1-4H,5-6,9-10H2. The summed E-state index contributed by atoms with van der Waals surface area (Å²) in [6.07, 6.45) is 7.88. The number of carboxylic acids is 2. The van der Waals surface area contributed by atoms with Gasteiger partial charge in [0, 0.05) is 23.1 Å². The lowest BCUT2D eigenvalue weighted by molar-refractivity contribution is -0.387. The van der Waals surface area contributed by atoms with E-state index in [1.807, 2.05) is 0 Å². The van der Waals surface area contributed by atoms with Gasteiger partial charge in [0.2, 0.25) is 0 Å². The van der Waals surface area contributed by atoms with E-state index in [1.165, 1.54) is 11.1 Å². The van der Waals surface area contributed by atoms with Crippen molar-refractivity contribution in [1.82, 2.24) is 0 Å². The Morgan fingerprint density at radius 3 is 1.12 bits per heavy atom. The van der Waals surface area contributed by atoms with Crippen LogP contribution in [0.2, 0.25) is 0 Å². The molecule has 0 spiro atoms. The number of rotatable bonds is 13. The van der Waals surface area contributed by atoms with Gasteiger partial charge in [-0.15, -0.1) is 0 Å². The van der Waals surface area contributed by atoms with Crippen LogP contribution in [0.15, 0.2) is 24.3 Å². The van der Waals surface area contributed by atoms with E-state index in [0.29, 0.717) is 12.8 Å². The third-order valence-electron chi connectivity index (χ3n) is 4.11. The molecule has 0 amide bonds. The molecule has 26 heavy (non-hydrogen) atoms. The molecular weight excluding hydrogens is 332 g/mol. The summed E-state index contributed by atoms with van der Waals surface area (Å²) in [5.74, 6) is -1.94. The molecule has 0 saturated carbocycles. The molecular formula is C20H34N2O4. The minimum atomic E-state index is -0.970. The second kappa shape index (κ2) is 16.5. The van der Waals surface area contributed by atoms with Crippen molar-refractivity contribution < 1.29 is 31.3 Å². The summed E-state index contributed by atoms with van der Waals surface area (Å²) in [5, 5.41) is 20.2. The molecule has 0 fully saturated rings. The Balaban J connectivity index is 0.000000531. The molecule has 148 valence electrons. The third kappa shape index (κ3) is 15.6. The van der Waals surface area contributed by atoms with Crippen molar-refractivity contribution in [3.05, 3.63) is 35.4 Å². The second-order valence-electron chi connectivity index (χ2n) is 6.39. The summed E-state index contributed by atoms with van der Waals surface area (Å²) >= 11 is 0. The number of hydrogen-bond acceptors (Lipinski definition) is 4. The number of unbranched alkanes of at least 4 members (excludes halogenated alkanes) is 7. The molecule has 0 aliphatic heterocycles. The van der Waals surface area contributed by atoms with Crippen LogP contribution in [-0.2, 0) is 22.7 Å². The Morgan fingerprint density at radius 2 is 0.885 bits per heavy atom. The van der Waals surface area contributed by atoms with E-state index < -0.39 is 11.9 Å². The fourth-order valence-electron chi connectivity index (χ4n) is 2.47. The number of quaternary nitrogens is 2. The van der Waals surface area contributed by atoms with Crippen molar-refractivity contribution in [1.29, 1.82) is 0 Å². The molecule has 0 bridgehead atoms. The van der Waals surface area contributed by atoms with Crippen molar-refractivity contribution in [3.8, 4) is 0 Å². The van der Waals surface area contributed by atoms with Crippen molar-refractivity contribution in [2.24, 2.45) is 0 Å². The molecule has 0 aliphatic carbocycles. The minimum Gasteiger partial charge on any atom is -0.550 e. The van der Waals surface area contributed by atoms with E-state index in [-0.39, 0.29) is 12.8 Å². The van der Waals surface area contributed by atoms with Crippen molar-refractivity contribution >= 4 is 11.9 Å². The largest absolute Gasteiger partial charge is 0.550 e. The van der Waals surface area contributed by atoms with Crippen LogP contribution in [-0.4, -0.2) is 11.9 Å². The molecule has 0 saturated heterocycles. The fourth-order valence-corrected chi connectivity index (χ4v) is 2.47. The van der Waals surface area contributed by atoms with Crippen LogP contribution in [0.25, 0.3) is 0 Å². The summed E-state index contributed by atoms with van der Waals surface area (Å²) in [5.41, 5.74) is 10.2. The zero-order valence-corrected chi connectivity index (χ0v) is 15.8. The van der Waals surface area contributed by atoms with Gasteiger partial charge >= 0.3 is 0 Å². The Labute approximate surface area is 156 Å². The first kappa shape index (κ1) is 24.1. The molecule has 6 N–H and O–H groups in total. The zero-order valence-electron chi connectivity index (χ0n) is 15.8. The lowest BCUT2D eigenvalue weighted by atomic mass is 10.1. The summed E-state index contributed by atoms with van der Waals surface area (Å²) in [7, 11) is 0. The Morgan fingerprint density at radius 1 is 0.615 bits per heavy atom. The molecule has 1 rings (SSSR count). The molecule has 0 unspecified atom stereocenters. The molecule has 1 aromatic rings. The minimum absolute atomic E-state index is 0.158. The first-order valence-corrected chi connectivity index (χ1v) is 9.55. The Kier molecular flexibility index (Phi) is 15.3. The number of carbonyl (C=O) groups excluding carboxylic acids is 2. The normalized spacial score (nSPS) is 10.1. The lowest BCUT2D eigenvalue weighted by Gasteiger charge is -2.03. The van der Waals surface area contributed by atoms with Crippen LogP contribution in [0.1, 0.15) is 75.3 Å². The van der Waals surface area contributed by atoms with Crippen LogP contribution < -0.4 is 21.7 Å². The van der Waals surface area contributed by atoms with Gasteiger partial charge in [0.1, 0.15) is 0 Å². The Bertz CT molecular complexity index is 444. The molecule has 0 radical (unpaired) electrons. The van der Waals surface area contributed by atoms with E-state index >= 15 is 0 Å². The van der Waals surface area contributed by atoms with Gasteiger partial charge in [-0.3, -0.25) is 0 Å². The summed E-state index contributed by atoms with van der Waals surface area (Å²) < 4.78 is 0. The van der Waals surface area contributed by atoms with E-state index in [9.17, 15) is 19.8 Å². The topological polar surface area (TPSA) is 136 Å². The maximum atomic E-state index is 10.1. The molecule has 0 heterocycles. The highest BCUT2D eigenvalue weighted by Crippen LogP contribution is 2.10. The van der Waals surface area contributed by atoms with Gasteiger partial charge in [0.05, 0.1) is 13.1 Å². The average Bonchev–Trinajstić information content (AvgIpc) is 2.63. The SMILES string of the molecule is O=C([O-])CCCCCCCCCCC(=O)[O-].[NH3+]Cc1ccc(C[NH3+])cc1. The fraction of sp³-hybridized carbons (Fsp3) is 0.600. The van der Waals surface area contributed by atoms with Gasteiger partial charge in [0.25, 0.3) is 0 Å². The quantitative estimate of drug-likeness (QED) is 0.457. The molecule has 6 heteroatoms. The number of carbonyl (C=O) groups is 2. The number of carboxylic acid groups (broad SMARTS) is 2. The lowest BCUT2D eigenvalue weighted by Crippen LogP contribution is -2.48. The summed E-state index contributed by atoms with van der Waals surface area (Å²) in [6.45, 7) is 1.74. The Hall–Kier alpha value is -1.92. The molecule has 0 aromatic heterocycles. The van der Waals surface area contributed by atoms with Crippen LogP contribution in [0.4, 0.5) is 0 Å². The van der Waals surface area contributed by atoms with Gasteiger partial charge in [0.15, 0.2) is 0 Å². The van der Waals surface area contributed by atoms with E-state index in [0.717, 1.165) is 51.6 Å². The smallest absolute Gasteiger partial charge is 0.0997 e. The van der Waals surface area contributed by atoms with E-state index in [1.54, 1.807) is 0 Å². The molecule has 6 nitrogen and oxygen atoms in total. The van der Waals surface area contributed by atoms with Crippen LogP contribution in [0.5, 0.6) is 0 Å². The number of hydrogen-bond donors (Lipinski definition) is 2. The highest BCUT2D eigenvalue weighted by atomic mass is 16.4. The maximum absolute atomic E-state index is 10.1. The van der Waals surface area contributed by atoms with Gasteiger partial charge in [-0.1, -0.05) is 62.8 Å². The second-order valence-corrected chi connectivity index (χ2v) is 6.39. The first-order chi connectivity index (χ1) is 12.5. The van der Waals surface area contributed by atoms with Crippen molar-refractivity contribution in [2.75, 3.05) is 0 Å². The van der Waals surface area contributed by atoms with Crippen LogP contribution in [0.3, 0.4) is 0 Å². The maximum Gasteiger partial charge on any atom is 0.0997 e. The summed E-state index contributed by atoms with van der Waals surface area (Å²) in [6, 6.07) is 8.42. The highest BCUT2D eigenvalue weighted by molar-refractivity contribution is 5.64. The van der Waals surface area contributed by atoms with Crippen molar-refractivity contribution in [2.45, 2.75) is 77.3 Å². The zero-order chi connectivity index (χ0) is 19.6. The van der Waals surface area contributed by atoms with Crippen molar-refractivity contribution in [3.63, 3.8) is 0 Å². The molecule has 0 atom stereocenters. The van der Waals surface area contributed by atoms with Gasteiger partial charge < -0.3 is 31.3 Å². The predicted octanol–water partition coefficient (Wildman–Crippen LogP) is -0.442. The number of benzene rings is 1. The predicted molar refractivity (Wildman–Crippen MR) is 95.8 cm³/mol. The van der Waals surface area contributed by atoms with Gasteiger partial charge in [-0.25, -0.2) is 0 Å². The van der Waals surface area contributed by atoms with E-state index in [2.05, 4.69) is 35.7 Å². The van der Waals surface area contributed by atoms with Gasteiger partial charge in [-0.2, -0.15) is 0 Å². The first-order valence-electron chi connectivity index (χ1n) is 9.55. The highest BCUT2D eigenvalue weighted by Gasteiger charge is 1.94. The van der Waals surface area contributed by atoms with Crippen LogP contribution in [0, 0.1) is 0 Å². The van der Waals surface area contributed by atoms with Crippen LogP contribution >= 0.6 is 0 Å².